The summed E-state index contributed by atoms with van der Waals surface area (Å²) in [6, 6.07) is 66.8. The maximum absolute atomic E-state index is 6.27. The van der Waals surface area contributed by atoms with E-state index in [2.05, 4.69) is 227 Å². The molecule has 0 unspecified atom stereocenters. The molecule has 0 amide bonds. The molecule has 0 saturated carbocycles. The third-order valence-corrected chi connectivity index (χ3v) is 21.8. The Kier molecular flexibility index (Phi) is 19.1. The fourth-order valence-corrected chi connectivity index (χ4v) is 16.6. The normalized spacial score (nSPS) is 11.5. The van der Waals surface area contributed by atoms with Gasteiger partial charge < -0.3 is 27.9 Å². The molecule has 12 aromatic rings. The molecule has 9 heterocycles. The summed E-state index contributed by atoms with van der Waals surface area (Å²) >= 11 is 11.0. The molecule has 0 saturated heterocycles. The van der Waals surface area contributed by atoms with Gasteiger partial charge in [0.15, 0.2) is 0 Å². The summed E-state index contributed by atoms with van der Waals surface area (Å²) in [7, 11) is 0. The second-order valence-electron chi connectivity index (χ2n) is 21.1. The van der Waals surface area contributed by atoms with Crippen molar-refractivity contribution in [2.45, 2.75) is 97.8 Å². The van der Waals surface area contributed by atoms with E-state index in [1.807, 2.05) is 45.3 Å². The van der Waals surface area contributed by atoms with Gasteiger partial charge in [-0.25, -0.2) is 0 Å². The van der Waals surface area contributed by atoms with Crippen molar-refractivity contribution in [2.24, 2.45) is 0 Å². The first-order valence-electron chi connectivity index (χ1n) is 29.9. The monoisotopic (exact) mass is 1220 g/mol. The SMILES string of the molecule is CCCCCCOc1ccc(-n2c(-c3cccs3)ccc2-c2ccc(-c3ccc(-c4ccc(-c5ccc(-c6ccc(-c7ccc(-c8cccs8)n7-c7ccc(OCCCCCC)cc7)s6)s5)n4-c4ccc(OCCCCCC)cc4)s3)s2)cc1. The largest absolute Gasteiger partial charge is 0.494 e. The Bertz CT molecular complexity index is 3730. The summed E-state index contributed by atoms with van der Waals surface area (Å²) in [6.07, 6.45) is 14.2. The first kappa shape index (κ1) is 57.5. The van der Waals surface area contributed by atoms with Gasteiger partial charge in [-0.3, -0.25) is 0 Å². The highest BCUT2D eigenvalue weighted by Crippen LogP contribution is 2.47. The van der Waals surface area contributed by atoms with Crippen LogP contribution in [0.3, 0.4) is 0 Å². The van der Waals surface area contributed by atoms with Gasteiger partial charge >= 0.3 is 0 Å². The van der Waals surface area contributed by atoms with Gasteiger partial charge in [0.1, 0.15) is 17.2 Å². The van der Waals surface area contributed by atoms with Crippen molar-refractivity contribution in [3.05, 3.63) is 193 Å². The number of hydrogen-bond donors (Lipinski definition) is 0. The van der Waals surface area contributed by atoms with E-state index in [4.69, 9.17) is 14.2 Å². The van der Waals surface area contributed by atoms with E-state index in [0.29, 0.717) is 0 Å². The minimum absolute atomic E-state index is 0.733. The molecule has 3 aromatic carbocycles. The number of hydrogen-bond acceptors (Lipinski definition) is 9. The van der Waals surface area contributed by atoms with Crippen LogP contribution in [0.4, 0.5) is 0 Å². The molecule has 12 rings (SSSR count). The highest BCUT2D eigenvalue weighted by Gasteiger charge is 2.22. The highest BCUT2D eigenvalue weighted by molar-refractivity contribution is 7.26. The van der Waals surface area contributed by atoms with Gasteiger partial charge in [0, 0.05) is 36.6 Å². The maximum Gasteiger partial charge on any atom is 0.119 e. The van der Waals surface area contributed by atoms with Crippen LogP contribution in [0, 0.1) is 0 Å². The Hall–Kier alpha value is -6.90. The van der Waals surface area contributed by atoms with Crippen LogP contribution in [0.15, 0.2) is 193 Å². The van der Waals surface area contributed by atoms with Gasteiger partial charge in [-0.2, -0.15) is 0 Å². The standard InChI is InChI=1S/C72H71N3O3S6/c1-4-7-10-13-46-76-54-26-20-51(21-27-54)73-57(63-18-16-49-79-63)32-34-59(73)65-38-42-69(81-65)71-44-40-67(83-71)61-36-37-62(75(61)53-24-30-56(31-25-53)78-48-15-12-9-6-3)68-41-45-72(84-68)70-43-39-66(82-70)60-35-33-58(64-19-17-50-80-64)74(60)52-22-28-55(29-23-52)77-47-14-11-8-5-2/h16-45,49-50H,4-15,46-48H2,1-3H3. The molecule has 6 nitrogen and oxygen atoms in total. The summed E-state index contributed by atoms with van der Waals surface area (Å²) < 4.78 is 25.9. The number of rotatable bonds is 29. The summed E-state index contributed by atoms with van der Waals surface area (Å²) in [6.45, 7) is 8.97. The van der Waals surface area contributed by atoms with E-state index < -0.39 is 0 Å². The number of thiophene rings is 6. The topological polar surface area (TPSA) is 42.5 Å². The highest BCUT2D eigenvalue weighted by atomic mass is 32.1. The van der Waals surface area contributed by atoms with Crippen molar-refractivity contribution >= 4 is 68.0 Å². The molecule has 0 aliphatic heterocycles. The summed E-state index contributed by atoms with van der Waals surface area (Å²) in [5.41, 5.74) is 10.4. The van der Waals surface area contributed by atoms with Crippen LogP contribution < -0.4 is 14.2 Å². The van der Waals surface area contributed by atoms with E-state index >= 15 is 0 Å². The second kappa shape index (κ2) is 27.9. The van der Waals surface area contributed by atoms with E-state index in [1.54, 1.807) is 22.7 Å². The van der Waals surface area contributed by atoms with Crippen molar-refractivity contribution in [3.8, 4) is 117 Å². The smallest absolute Gasteiger partial charge is 0.119 e. The summed E-state index contributed by atoms with van der Waals surface area (Å²) in [5.74, 6) is 2.75. The lowest BCUT2D eigenvalue weighted by atomic mass is 10.2. The molecule has 428 valence electrons. The van der Waals surface area contributed by atoms with E-state index in [1.165, 1.54) is 129 Å². The minimum atomic E-state index is 0.733. The van der Waals surface area contributed by atoms with E-state index in [0.717, 1.165) is 84.8 Å². The van der Waals surface area contributed by atoms with Crippen LogP contribution >= 0.6 is 68.0 Å². The predicted octanol–water partition coefficient (Wildman–Crippen LogP) is 23.6. The molecule has 0 aliphatic rings. The van der Waals surface area contributed by atoms with Crippen molar-refractivity contribution in [1.82, 2.24) is 13.7 Å². The molecule has 0 N–H and O–H groups in total. The average molecular weight is 1220 g/mol. The Balaban J connectivity index is 0.831. The Labute approximate surface area is 519 Å². The zero-order valence-corrected chi connectivity index (χ0v) is 53.0. The van der Waals surface area contributed by atoms with Crippen LogP contribution in [0.1, 0.15) is 97.8 Å². The van der Waals surface area contributed by atoms with Gasteiger partial charge in [0.25, 0.3) is 0 Å². The third-order valence-electron chi connectivity index (χ3n) is 15.2. The van der Waals surface area contributed by atoms with Gasteiger partial charge in [-0.05, 0) is 200 Å². The molecule has 84 heavy (non-hydrogen) atoms. The number of nitrogens with zero attached hydrogens (tertiary/aromatic N) is 3. The molecule has 0 aliphatic carbocycles. The zero-order chi connectivity index (χ0) is 57.0. The van der Waals surface area contributed by atoms with Crippen LogP contribution in [0.2, 0.25) is 0 Å². The number of benzene rings is 3. The molecule has 9 aromatic heterocycles. The first-order valence-corrected chi connectivity index (χ1v) is 34.9. The lowest BCUT2D eigenvalue weighted by Gasteiger charge is -2.14. The number of unbranched alkanes of at least 4 members (excludes halogenated alkanes) is 9. The van der Waals surface area contributed by atoms with Crippen LogP contribution in [0.5, 0.6) is 17.2 Å². The molecule has 12 heteroatoms. The second-order valence-corrected chi connectivity index (χ2v) is 27.4. The Morgan fingerprint density at radius 3 is 0.774 bits per heavy atom. The molecule has 0 bridgehead atoms. The molecular weight excluding hydrogens is 1150 g/mol. The van der Waals surface area contributed by atoms with Crippen molar-refractivity contribution in [3.63, 3.8) is 0 Å². The van der Waals surface area contributed by atoms with Crippen molar-refractivity contribution in [2.75, 3.05) is 19.8 Å². The van der Waals surface area contributed by atoms with E-state index in [9.17, 15) is 0 Å². The van der Waals surface area contributed by atoms with Crippen LogP contribution in [-0.4, -0.2) is 33.5 Å². The molecular formula is C72H71N3O3S6. The fourth-order valence-electron chi connectivity index (χ4n) is 10.8. The van der Waals surface area contributed by atoms with Gasteiger partial charge in [-0.1, -0.05) is 90.7 Å². The first-order chi connectivity index (χ1) is 41.5. The molecule has 0 radical (unpaired) electrons. The number of aromatic nitrogens is 3. The lowest BCUT2D eigenvalue weighted by Crippen LogP contribution is -2.00. The average Bonchev–Trinajstić information content (AvgIpc) is 4.54. The quantitative estimate of drug-likeness (QED) is 0.0439. The Morgan fingerprint density at radius 2 is 0.524 bits per heavy atom. The fraction of sp³-hybridized carbons (Fsp3) is 0.250. The Morgan fingerprint density at radius 1 is 0.262 bits per heavy atom. The molecule has 0 fully saturated rings. The van der Waals surface area contributed by atoms with Gasteiger partial charge in [0.05, 0.1) is 83.2 Å². The van der Waals surface area contributed by atoms with Crippen molar-refractivity contribution in [1.29, 1.82) is 0 Å². The van der Waals surface area contributed by atoms with Crippen LogP contribution in [-0.2, 0) is 0 Å². The van der Waals surface area contributed by atoms with Crippen LogP contribution in [0.25, 0.3) is 100.0 Å². The van der Waals surface area contributed by atoms with Crippen molar-refractivity contribution < 1.29 is 14.2 Å². The predicted molar refractivity (Wildman–Crippen MR) is 364 cm³/mol. The lowest BCUT2D eigenvalue weighted by molar-refractivity contribution is 0.305. The van der Waals surface area contributed by atoms with Gasteiger partial charge in [-0.15, -0.1) is 68.0 Å². The zero-order valence-electron chi connectivity index (χ0n) is 48.1. The van der Waals surface area contributed by atoms with Gasteiger partial charge in [0.2, 0.25) is 0 Å². The third kappa shape index (κ3) is 13.1. The maximum atomic E-state index is 6.27. The summed E-state index contributed by atoms with van der Waals surface area (Å²) in [4.78, 5) is 12.4. The minimum Gasteiger partial charge on any atom is -0.494 e. The van der Waals surface area contributed by atoms with E-state index in [-0.39, 0.29) is 0 Å². The molecule has 0 atom stereocenters. The number of ether oxygens (including phenoxy) is 3. The summed E-state index contributed by atoms with van der Waals surface area (Å²) in [5, 5.41) is 4.32. The molecule has 0 spiro atoms.